The molecular weight excluding hydrogens is 431 g/mol. The summed E-state index contributed by atoms with van der Waals surface area (Å²) in [6.07, 6.45) is 1.24. The van der Waals surface area contributed by atoms with Crippen molar-refractivity contribution in [3.8, 4) is 17.6 Å². The van der Waals surface area contributed by atoms with E-state index in [-0.39, 0.29) is 24.4 Å². The Kier molecular flexibility index (Phi) is 7.05. The molecule has 0 atom stereocenters. The highest BCUT2D eigenvalue weighted by molar-refractivity contribution is 5.94. The number of aromatic nitrogens is 2. The van der Waals surface area contributed by atoms with Crippen LogP contribution in [0.1, 0.15) is 27.0 Å². The van der Waals surface area contributed by atoms with Crippen molar-refractivity contribution < 1.29 is 18.7 Å². The molecule has 0 radical (unpaired) electrons. The van der Waals surface area contributed by atoms with Gasteiger partial charge in [0.2, 0.25) is 5.91 Å². The summed E-state index contributed by atoms with van der Waals surface area (Å²) >= 11 is 0. The molecule has 0 fully saturated rings. The van der Waals surface area contributed by atoms with E-state index in [4.69, 9.17) is 10.5 Å². The van der Waals surface area contributed by atoms with E-state index in [1.807, 2.05) is 0 Å². The van der Waals surface area contributed by atoms with Gasteiger partial charge in [-0.25, -0.2) is 9.18 Å². The topological polar surface area (TPSA) is 136 Å². The first kappa shape index (κ1) is 23.0. The zero-order chi connectivity index (χ0) is 24.0. The van der Waals surface area contributed by atoms with Crippen LogP contribution in [0.4, 0.5) is 4.39 Å². The standard InChI is InChI=1S/C23H19FN4O5/c1-33-19-10-15(4-8-18(19)24)11-26-20(29)9-7-17-13-28(23(32)27-22(17)31)12-14-2-5-16(6-3-14)21(25)30/h2-6,8,10,13H,11-12H2,1H3,(H2,25,30)(H,26,29)(H,27,31,32). The average Bonchev–Trinajstić information content (AvgIpc) is 2.79. The normalized spacial score (nSPS) is 10.1. The Morgan fingerprint density at radius 2 is 1.85 bits per heavy atom. The summed E-state index contributed by atoms with van der Waals surface area (Å²) in [4.78, 5) is 49.5. The molecule has 168 valence electrons. The van der Waals surface area contributed by atoms with Gasteiger partial charge in [0, 0.05) is 24.2 Å². The molecule has 4 N–H and O–H groups in total. The second kappa shape index (κ2) is 10.1. The van der Waals surface area contributed by atoms with Gasteiger partial charge in [-0.3, -0.25) is 23.9 Å². The summed E-state index contributed by atoms with van der Waals surface area (Å²) < 4.78 is 19.6. The number of H-pyrrole nitrogens is 1. The monoisotopic (exact) mass is 450 g/mol. The third-order valence-electron chi connectivity index (χ3n) is 4.58. The number of amides is 2. The van der Waals surface area contributed by atoms with Gasteiger partial charge in [-0.1, -0.05) is 18.2 Å². The third-order valence-corrected chi connectivity index (χ3v) is 4.58. The highest BCUT2D eigenvalue weighted by atomic mass is 19.1. The maximum Gasteiger partial charge on any atom is 0.328 e. The Hall–Kier alpha value is -4.65. The molecule has 10 heteroatoms. The van der Waals surface area contributed by atoms with Gasteiger partial charge in [-0.2, -0.15) is 0 Å². The third kappa shape index (κ3) is 5.95. The summed E-state index contributed by atoms with van der Waals surface area (Å²) in [5.74, 6) is 3.02. The number of hydrogen-bond acceptors (Lipinski definition) is 5. The second-order valence-electron chi connectivity index (χ2n) is 6.89. The molecule has 0 unspecified atom stereocenters. The van der Waals surface area contributed by atoms with Gasteiger partial charge in [0.05, 0.1) is 13.7 Å². The van der Waals surface area contributed by atoms with Crippen LogP contribution in [0.25, 0.3) is 0 Å². The zero-order valence-electron chi connectivity index (χ0n) is 17.5. The van der Waals surface area contributed by atoms with Crippen molar-refractivity contribution in [2.24, 2.45) is 5.73 Å². The second-order valence-corrected chi connectivity index (χ2v) is 6.89. The fraction of sp³-hybridized carbons (Fsp3) is 0.130. The Labute approximate surface area is 187 Å². The smallest absolute Gasteiger partial charge is 0.328 e. The van der Waals surface area contributed by atoms with Crippen molar-refractivity contribution >= 4 is 11.8 Å². The fourth-order valence-corrected chi connectivity index (χ4v) is 2.85. The number of rotatable bonds is 6. The predicted molar refractivity (Wildman–Crippen MR) is 117 cm³/mol. The molecule has 3 rings (SSSR count). The highest BCUT2D eigenvalue weighted by Crippen LogP contribution is 2.17. The van der Waals surface area contributed by atoms with E-state index in [1.165, 1.54) is 48.2 Å². The zero-order valence-corrected chi connectivity index (χ0v) is 17.5. The Balaban J connectivity index is 1.72. The number of hydrogen-bond donors (Lipinski definition) is 3. The molecule has 0 aliphatic heterocycles. The summed E-state index contributed by atoms with van der Waals surface area (Å²) in [7, 11) is 1.33. The molecule has 2 amide bonds. The van der Waals surface area contributed by atoms with Gasteiger partial charge in [0.15, 0.2) is 11.6 Å². The van der Waals surface area contributed by atoms with Gasteiger partial charge in [0.1, 0.15) is 5.56 Å². The van der Waals surface area contributed by atoms with Crippen molar-refractivity contribution in [1.82, 2.24) is 14.9 Å². The van der Waals surface area contributed by atoms with Gasteiger partial charge in [-0.15, -0.1) is 0 Å². The first-order valence-corrected chi connectivity index (χ1v) is 9.61. The first-order valence-electron chi connectivity index (χ1n) is 9.61. The molecule has 0 bridgehead atoms. The van der Waals surface area contributed by atoms with Crippen LogP contribution >= 0.6 is 0 Å². The minimum Gasteiger partial charge on any atom is -0.494 e. The number of methoxy groups -OCH3 is 1. The lowest BCUT2D eigenvalue weighted by atomic mass is 10.1. The average molecular weight is 450 g/mol. The lowest BCUT2D eigenvalue weighted by Gasteiger charge is -2.06. The number of carbonyl (C=O) groups excluding carboxylic acids is 2. The molecule has 0 saturated heterocycles. The van der Waals surface area contributed by atoms with E-state index in [2.05, 4.69) is 22.1 Å². The Morgan fingerprint density at radius 3 is 2.52 bits per heavy atom. The lowest BCUT2D eigenvalue weighted by Crippen LogP contribution is -2.31. The number of nitrogens with one attached hydrogen (secondary N) is 2. The number of nitrogens with two attached hydrogens (primary N) is 1. The van der Waals surface area contributed by atoms with Gasteiger partial charge in [-0.05, 0) is 41.3 Å². The summed E-state index contributed by atoms with van der Waals surface area (Å²) in [6, 6.07) is 10.5. The number of benzene rings is 2. The van der Waals surface area contributed by atoms with Crippen LogP contribution < -0.4 is 27.0 Å². The molecule has 0 saturated carbocycles. The van der Waals surface area contributed by atoms with Crippen LogP contribution in [0.5, 0.6) is 5.75 Å². The number of nitrogens with zero attached hydrogens (tertiary/aromatic N) is 1. The van der Waals surface area contributed by atoms with Crippen molar-refractivity contribution in [3.05, 3.63) is 97.6 Å². The maximum atomic E-state index is 13.5. The van der Waals surface area contributed by atoms with E-state index < -0.39 is 28.9 Å². The maximum absolute atomic E-state index is 13.5. The molecular formula is C23H19FN4O5. The number of carbonyl (C=O) groups is 2. The van der Waals surface area contributed by atoms with E-state index in [0.717, 1.165) is 0 Å². The molecule has 0 aliphatic carbocycles. The van der Waals surface area contributed by atoms with Crippen LogP contribution in [0.15, 0.2) is 58.3 Å². The molecule has 1 heterocycles. The van der Waals surface area contributed by atoms with Crippen LogP contribution in [0, 0.1) is 17.7 Å². The minimum absolute atomic E-state index is 0.0471. The van der Waals surface area contributed by atoms with Crippen LogP contribution in [0.3, 0.4) is 0 Å². The molecule has 9 nitrogen and oxygen atoms in total. The molecule has 0 spiro atoms. The molecule has 3 aromatic rings. The lowest BCUT2D eigenvalue weighted by molar-refractivity contribution is -0.115. The van der Waals surface area contributed by atoms with E-state index in [0.29, 0.717) is 16.7 Å². The predicted octanol–water partition coefficient (Wildman–Crippen LogP) is 0.499. The summed E-state index contributed by atoms with van der Waals surface area (Å²) in [6.45, 7) is 0.170. The Morgan fingerprint density at radius 1 is 1.15 bits per heavy atom. The van der Waals surface area contributed by atoms with Crippen molar-refractivity contribution in [3.63, 3.8) is 0 Å². The molecule has 0 aliphatic rings. The number of aromatic amines is 1. The molecule has 1 aromatic heterocycles. The number of primary amides is 1. The van der Waals surface area contributed by atoms with Crippen molar-refractivity contribution in [1.29, 1.82) is 0 Å². The largest absolute Gasteiger partial charge is 0.494 e. The summed E-state index contributed by atoms with van der Waals surface area (Å²) in [5, 5.41) is 2.53. The number of ether oxygens (including phenoxy) is 1. The SMILES string of the molecule is COc1cc(CNC(=O)C#Cc2cn(Cc3ccc(C(N)=O)cc3)c(=O)[nH]c2=O)ccc1F. The first-order chi connectivity index (χ1) is 15.8. The van der Waals surface area contributed by atoms with E-state index in [9.17, 15) is 23.6 Å². The van der Waals surface area contributed by atoms with Crippen LogP contribution in [0.2, 0.25) is 0 Å². The summed E-state index contributed by atoms with van der Waals surface area (Å²) in [5.41, 5.74) is 5.34. The molecule has 33 heavy (non-hydrogen) atoms. The fourth-order valence-electron chi connectivity index (χ4n) is 2.85. The van der Waals surface area contributed by atoms with Crippen molar-refractivity contribution in [2.75, 3.05) is 7.11 Å². The van der Waals surface area contributed by atoms with Crippen LogP contribution in [-0.4, -0.2) is 28.5 Å². The number of halogens is 1. The minimum atomic E-state index is -0.733. The van der Waals surface area contributed by atoms with E-state index >= 15 is 0 Å². The van der Waals surface area contributed by atoms with E-state index in [1.54, 1.807) is 12.1 Å². The van der Waals surface area contributed by atoms with Crippen molar-refractivity contribution in [2.45, 2.75) is 13.1 Å². The highest BCUT2D eigenvalue weighted by Gasteiger charge is 2.07. The van der Waals surface area contributed by atoms with Gasteiger partial charge >= 0.3 is 5.69 Å². The quantitative estimate of drug-likeness (QED) is 0.470. The van der Waals surface area contributed by atoms with Gasteiger partial charge < -0.3 is 15.8 Å². The Bertz CT molecular complexity index is 1380. The van der Waals surface area contributed by atoms with Gasteiger partial charge in [0.25, 0.3) is 11.5 Å². The molecule has 2 aromatic carbocycles. The van der Waals surface area contributed by atoms with Crippen LogP contribution in [-0.2, 0) is 17.9 Å².